The molecule has 0 aliphatic carbocycles. The van der Waals surface area contributed by atoms with Gasteiger partial charge in [0.25, 0.3) is 0 Å². The number of nitrogen functional groups attached to an aromatic ring is 1. The van der Waals surface area contributed by atoms with Crippen molar-refractivity contribution in [1.82, 2.24) is 0 Å². The first-order valence-corrected chi connectivity index (χ1v) is 7.37. The molecule has 2 aromatic rings. The molecule has 0 radical (unpaired) electrons. The summed E-state index contributed by atoms with van der Waals surface area (Å²) in [6, 6.07) is 10.7. The fourth-order valence-corrected chi connectivity index (χ4v) is 2.10. The van der Waals surface area contributed by atoms with Crippen molar-refractivity contribution in [2.45, 2.75) is 0 Å². The van der Waals surface area contributed by atoms with Crippen LogP contribution in [0, 0.1) is 0 Å². The smallest absolute Gasteiger partial charge is 0.143 e. The van der Waals surface area contributed by atoms with E-state index in [4.69, 9.17) is 38.4 Å². The Balaban J connectivity index is 1.84. The first kappa shape index (κ1) is 15.3. The van der Waals surface area contributed by atoms with Gasteiger partial charge in [-0.05, 0) is 30.3 Å². The maximum Gasteiger partial charge on any atom is 0.143 e. The van der Waals surface area contributed by atoms with Crippen molar-refractivity contribution in [3.63, 3.8) is 0 Å². The monoisotopic (exact) mass is 375 g/mol. The molecule has 0 saturated carbocycles. The molecular weight excluding hydrogens is 365 g/mol. The fourth-order valence-electron chi connectivity index (χ4n) is 1.51. The van der Waals surface area contributed by atoms with Crippen molar-refractivity contribution >= 4 is 44.8 Å². The molecule has 106 valence electrons. The van der Waals surface area contributed by atoms with E-state index in [2.05, 4.69) is 15.9 Å². The second-order valence-corrected chi connectivity index (χ2v) is 5.69. The summed E-state index contributed by atoms with van der Waals surface area (Å²) in [5.74, 6) is 1.28. The molecule has 0 aromatic heterocycles. The van der Waals surface area contributed by atoms with E-state index in [0.717, 1.165) is 10.2 Å². The van der Waals surface area contributed by atoms with Crippen LogP contribution >= 0.6 is 39.1 Å². The summed E-state index contributed by atoms with van der Waals surface area (Å²) < 4.78 is 12.1. The van der Waals surface area contributed by atoms with Gasteiger partial charge in [0.2, 0.25) is 0 Å². The Kier molecular flexibility index (Phi) is 5.40. The van der Waals surface area contributed by atoms with Gasteiger partial charge in [0, 0.05) is 10.5 Å². The van der Waals surface area contributed by atoms with Crippen LogP contribution in [0.15, 0.2) is 40.9 Å². The molecule has 2 rings (SSSR count). The lowest BCUT2D eigenvalue weighted by Crippen LogP contribution is -2.10. The van der Waals surface area contributed by atoms with E-state index >= 15 is 0 Å². The van der Waals surface area contributed by atoms with Crippen LogP contribution in [0.3, 0.4) is 0 Å². The van der Waals surface area contributed by atoms with E-state index in [1.165, 1.54) is 0 Å². The van der Waals surface area contributed by atoms with Crippen LogP contribution in [0.5, 0.6) is 11.5 Å². The van der Waals surface area contributed by atoms with Crippen LogP contribution < -0.4 is 15.2 Å². The SMILES string of the molecule is Nc1cc(Cl)c(Cl)cc1OCCOc1ccc(Br)cc1. The van der Waals surface area contributed by atoms with Gasteiger partial charge in [-0.1, -0.05) is 39.1 Å². The van der Waals surface area contributed by atoms with E-state index in [0.29, 0.717) is 34.7 Å². The maximum absolute atomic E-state index is 5.91. The zero-order valence-electron chi connectivity index (χ0n) is 10.4. The molecule has 3 nitrogen and oxygen atoms in total. The highest BCUT2D eigenvalue weighted by molar-refractivity contribution is 9.10. The maximum atomic E-state index is 5.91. The van der Waals surface area contributed by atoms with Crippen LogP contribution in [-0.4, -0.2) is 13.2 Å². The van der Waals surface area contributed by atoms with Gasteiger partial charge in [0.15, 0.2) is 0 Å². The lowest BCUT2D eigenvalue weighted by molar-refractivity contribution is 0.218. The van der Waals surface area contributed by atoms with Gasteiger partial charge < -0.3 is 15.2 Å². The molecule has 0 unspecified atom stereocenters. The predicted octanol–water partition coefficient (Wildman–Crippen LogP) is 4.80. The van der Waals surface area contributed by atoms with E-state index in [1.54, 1.807) is 12.1 Å². The average Bonchev–Trinajstić information content (AvgIpc) is 2.42. The molecule has 0 aliphatic rings. The molecule has 0 fully saturated rings. The summed E-state index contributed by atoms with van der Waals surface area (Å²) in [6.45, 7) is 0.763. The summed E-state index contributed by atoms with van der Waals surface area (Å²) in [5, 5.41) is 0.812. The van der Waals surface area contributed by atoms with Gasteiger partial charge in [-0.3, -0.25) is 0 Å². The minimum absolute atomic E-state index is 0.359. The number of halogens is 3. The van der Waals surface area contributed by atoms with E-state index in [9.17, 15) is 0 Å². The standard InChI is InChI=1S/C14H12BrCl2NO2/c15-9-1-3-10(4-2-9)19-5-6-20-14-8-12(17)11(16)7-13(14)18/h1-4,7-8H,5-6,18H2. The topological polar surface area (TPSA) is 44.5 Å². The zero-order chi connectivity index (χ0) is 14.5. The fraction of sp³-hybridized carbons (Fsp3) is 0.143. The third-order valence-corrected chi connectivity index (χ3v) is 3.73. The Morgan fingerprint density at radius 3 is 2.25 bits per heavy atom. The first-order chi connectivity index (χ1) is 9.56. The molecule has 20 heavy (non-hydrogen) atoms. The highest BCUT2D eigenvalue weighted by Gasteiger charge is 2.06. The molecule has 6 heteroatoms. The van der Waals surface area contributed by atoms with Crippen molar-refractivity contribution in [1.29, 1.82) is 0 Å². The predicted molar refractivity (Wildman–Crippen MR) is 86.0 cm³/mol. The van der Waals surface area contributed by atoms with E-state index in [1.807, 2.05) is 24.3 Å². The summed E-state index contributed by atoms with van der Waals surface area (Å²) in [6.07, 6.45) is 0. The second kappa shape index (κ2) is 7.07. The number of benzene rings is 2. The summed E-state index contributed by atoms with van der Waals surface area (Å²) in [5.41, 5.74) is 6.23. The van der Waals surface area contributed by atoms with Crippen molar-refractivity contribution in [2.24, 2.45) is 0 Å². The summed E-state index contributed by atoms with van der Waals surface area (Å²) >= 11 is 15.1. The Labute approximate surface area is 135 Å². The van der Waals surface area contributed by atoms with Crippen LogP contribution in [0.1, 0.15) is 0 Å². The lowest BCUT2D eigenvalue weighted by Gasteiger charge is -2.11. The zero-order valence-corrected chi connectivity index (χ0v) is 13.5. The van der Waals surface area contributed by atoms with Crippen molar-refractivity contribution < 1.29 is 9.47 Å². The molecule has 0 saturated heterocycles. The summed E-state index contributed by atoms with van der Waals surface area (Å²) in [7, 11) is 0. The van der Waals surface area contributed by atoms with Gasteiger partial charge in [-0.2, -0.15) is 0 Å². The first-order valence-electron chi connectivity index (χ1n) is 5.82. The minimum Gasteiger partial charge on any atom is -0.490 e. The molecule has 0 amide bonds. The summed E-state index contributed by atoms with van der Waals surface area (Å²) in [4.78, 5) is 0. The molecule has 2 aromatic carbocycles. The highest BCUT2D eigenvalue weighted by atomic mass is 79.9. The average molecular weight is 377 g/mol. The molecule has 0 spiro atoms. The Hall–Kier alpha value is -1.10. The normalized spacial score (nSPS) is 10.3. The van der Waals surface area contributed by atoms with Crippen molar-refractivity contribution in [3.8, 4) is 11.5 Å². The number of ether oxygens (including phenoxy) is 2. The number of nitrogens with two attached hydrogens (primary N) is 1. The van der Waals surface area contributed by atoms with E-state index < -0.39 is 0 Å². The minimum atomic E-state index is 0.359. The number of hydrogen-bond donors (Lipinski definition) is 1. The van der Waals surface area contributed by atoms with Crippen molar-refractivity contribution in [2.75, 3.05) is 18.9 Å². The van der Waals surface area contributed by atoms with Crippen LogP contribution in [0.4, 0.5) is 5.69 Å². The van der Waals surface area contributed by atoms with Gasteiger partial charge >= 0.3 is 0 Å². The Morgan fingerprint density at radius 1 is 0.950 bits per heavy atom. The van der Waals surface area contributed by atoms with Crippen LogP contribution in [0.2, 0.25) is 10.0 Å². The van der Waals surface area contributed by atoms with Gasteiger partial charge in [0.1, 0.15) is 24.7 Å². The molecule has 0 atom stereocenters. The molecule has 2 N–H and O–H groups in total. The second-order valence-electron chi connectivity index (χ2n) is 3.95. The molecule has 0 bridgehead atoms. The largest absolute Gasteiger partial charge is 0.490 e. The Bertz CT molecular complexity index is 590. The number of rotatable bonds is 5. The van der Waals surface area contributed by atoms with E-state index in [-0.39, 0.29) is 0 Å². The third kappa shape index (κ3) is 4.20. The van der Waals surface area contributed by atoms with Gasteiger partial charge in [-0.15, -0.1) is 0 Å². The third-order valence-electron chi connectivity index (χ3n) is 2.48. The molecular formula is C14H12BrCl2NO2. The molecule has 0 heterocycles. The van der Waals surface area contributed by atoms with Gasteiger partial charge in [0.05, 0.1) is 15.7 Å². The quantitative estimate of drug-likeness (QED) is 0.602. The lowest BCUT2D eigenvalue weighted by atomic mass is 10.3. The highest BCUT2D eigenvalue weighted by Crippen LogP contribution is 2.32. The van der Waals surface area contributed by atoms with Crippen LogP contribution in [-0.2, 0) is 0 Å². The Morgan fingerprint density at radius 2 is 1.55 bits per heavy atom. The number of anilines is 1. The van der Waals surface area contributed by atoms with Crippen LogP contribution in [0.25, 0.3) is 0 Å². The molecule has 0 aliphatic heterocycles. The van der Waals surface area contributed by atoms with Gasteiger partial charge in [-0.25, -0.2) is 0 Å². The number of hydrogen-bond acceptors (Lipinski definition) is 3. The van der Waals surface area contributed by atoms with Crippen molar-refractivity contribution in [3.05, 3.63) is 50.9 Å².